The van der Waals surface area contributed by atoms with E-state index in [1.165, 1.54) is 11.8 Å². The number of allylic oxidation sites excluding steroid dienone is 1. The van der Waals surface area contributed by atoms with Gasteiger partial charge < -0.3 is 19.4 Å². The van der Waals surface area contributed by atoms with Crippen molar-refractivity contribution in [2.45, 2.75) is 26.0 Å². The molecule has 9 heteroatoms. The lowest BCUT2D eigenvalue weighted by Gasteiger charge is -2.37. The molecule has 0 N–H and O–H groups in total. The zero-order chi connectivity index (χ0) is 25.9. The Kier molecular flexibility index (Phi) is 7.69. The highest BCUT2D eigenvalue weighted by atomic mass is 35.5. The van der Waals surface area contributed by atoms with Crippen LogP contribution in [0.2, 0.25) is 5.02 Å². The first-order valence-corrected chi connectivity index (χ1v) is 13.5. The van der Waals surface area contributed by atoms with E-state index < -0.39 is 12.0 Å². The standard InChI is InChI=1S/C28H29ClN4O3S/c1-19-25(27(35)36-17-20-8-4-3-5-9-20)26(22-10-6-7-11-23(22)29)33-21(18-37-28(33)30-19)16-24(34)32-14-12-31(2)13-15-32/h3-11,18,26H,12-17H2,1-2H3/t26-/m0/s1. The van der Waals surface area contributed by atoms with Gasteiger partial charge in [-0.25, -0.2) is 9.79 Å². The second-order valence-corrected chi connectivity index (χ2v) is 10.6. The molecule has 0 unspecified atom stereocenters. The second kappa shape index (κ2) is 11.1. The third-order valence-corrected chi connectivity index (χ3v) is 8.05. The number of ether oxygens (including phenoxy) is 1. The normalized spacial score (nSPS) is 19.9. The van der Waals surface area contributed by atoms with Gasteiger partial charge in [0.05, 0.1) is 23.7 Å². The highest BCUT2D eigenvalue weighted by molar-refractivity contribution is 8.16. The number of hydrogen-bond acceptors (Lipinski definition) is 7. The van der Waals surface area contributed by atoms with E-state index >= 15 is 0 Å². The Balaban J connectivity index is 1.44. The second-order valence-electron chi connectivity index (χ2n) is 9.34. The van der Waals surface area contributed by atoms with Gasteiger partial charge >= 0.3 is 5.97 Å². The molecule has 192 valence electrons. The van der Waals surface area contributed by atoms with Crippen LogP contribution in [-0.2, 0) is 20.9 Å². The molecule has 0 saturated carbocycles. The fourth-order valence-corrected chi connectivity index (χ4v) is 5.95. The molecule has 37 heavy (non-hydrogen) atoms. The Labute approximate surface area is 226 Å². The summed E-state index contributed by atoms with van der Waals surface area (Å²) in [6, 6.07) is 16.5. The number of halogens is 1. The van der Waals surface area contributed by atoms with Gasteiger partial charge in [-0.2, -0.15) is 0 Å². The Morgan fingerprint density at radius 1 is 1.05 bits per heavy atom. The van der Waals surface area contributed by atoms with Crippen LogP contribution in [0.5, 0.6) is 0 Å². The average molecular weight is 537 g/mol. The molecular formula is C28H29ClN4O3S. The summed E-state index contributed by atoms with van der Waals surface area (Å²) in [5, 5.41) is 3.22. The van der Waals surface area contributed by atoms with Crippen LogP contribution in [-0.4, -0.2) is 65.0 Å². The summed E-state index contributed by atoms with van der Waals surface area (Å²) in [6.45, 7) is 5.11. The number of benzene rings is 2. The molecule has 0 aliphatic carbocycles. The summed E-state index contributed by atoms with van der Waals surface area (Å²) in [5.41, 5.74) is 3.48. The van der Waals surface area contributed by atoms with Gasteiger partial charge in [0.1, 0.15) is 6.61 Å². The largest absolute Gasteiger partial charge is 0.457 e. The van der Waals surface area contributed by atoms with Crippen LogP contribution in [0.4, 0.5) is 0 Å². The number of esters is 1. The van der Waals surface area contributed by atoms with Crippen molar-refractivity contribution >= 4 is 40.4 Å². The fourth-order valence-electron chi connectivity index (χ4n) is 4.75. The smallest absolute Gasteiger partial charge is 0.338 e. The van der Waals surface area contributed by atoms with Crippen molar-refractivity contribution in [2.75, 3.05) is 33.2 Å². The van der Waals surface area contributed by atoms with Gasteiger partial charge in [0.25, 0.3) is 0 Å². The zero-order valence-electron chi connectivity index (χ0n) is 20.9. The summed E-state index contributed by atoms with van der Waals surface area (Å²) in [7, 11) is 2.07. The summed E-state index contributed by atoms with van der Waals surface area (Å²) >= 11 is 8.14. The summed E-state index contributed by atoms with van der Waals surface area (Å²) < 4.78 is 5.76. The lowest BCUT2D eigenvalue weighted by molar-refractivity contribution is -0.141. The Morgan fingerprint density at radius 3 is 2.49 bits per heavy atom. The molecular weight excluding hydrogens is 508 g/mol. The van der Waals surface area contributed by atoms with Gasteiger partial charge in [0.2, 0.25) is 5.91 Å². The number of thioether (sulfide) groups is 1. The first-order valence-electron chi connectivity index (χ1n) is 12.3. The van der Waals surface area contributed by atoms with E-state index in [2.05, 4.69) is 11.9 Å². The monoisotopic (exact) mass is 536 g/mol. The first kappa shape index (κ1) is 25.6. The van der Waals surface area contributed by atoms with Crippen molar-refractivity contribution in [3.05, 3.63) is 93.1 Å². The summed E-state index contributed by atoms with van der Waals surface area (Å²) in [6.07, 6.45) is 0.224. The predicted molar refractivity (Wildman–Crippen MR) is 147 cm³/mol. The van der Waals surface area contributed by atoms with Crippen LogP contribution < -0.4 is 0 Å². The number of nitrogens with zero attached hydrogens (tertiary/aromatic N) is 4. The minimum absolute atomic E-state index is 0.0681. The molecule has 3 heterocycles. The SMILES string of the molecule is CC1=C(C(=O)OCc2ccccc2)[C@H](c2ccccc2Cl)N2C(CC(=O)N3CCN(C)CC3)=CSC2=N1. The maximum absolute atomic E-state index is 13.5. The molecule has 3 aliphatic rings. The molecule has 5 rings (SSSR count). The fraction of sp³-hybridized carbons (Fsp3) is 0.321. The van der Waals surface area contributed by atoms with Crippen molar-refractivity contribution in [1.29, 1.82) is 0 Å². The van der Waals surface area contributed by atoms with Crippen LogP contribution in [0.25, 0.3) is 0 Å². The molecule has 3 aliphatic heterocycles. The third kappa shape index (κ3) is 5.46. The van der Waals surface area contributed by atoms with Gasteiger partial charge in [0.15, 0.2) is 5.17 Å². The number of fused-ring (bicyclic) bond motifs is 1. The quantitative estimate of drug-likeness (QED) is 0.493. The predicted octanol–water partition coefficient (Wildman–Crippen LogP) is 4.82. The highest BCUT2D eigenvalue weighted by Crippen LogP contribution is 2.46. The molecule has 1 amide bonds. The Hall–Kier alpha value is -3.07. The molecule has 2 aromatic carbocycles. The lowest BCUT2D eigenvalue weighted by Crippen LogP contribution is -2.47. The molecule has 0 bridgehead atoms. The molecule has 0 aromatic heterocycles. The van der Waals surface area contributed by atoms with Crippen molar-refractivity contribution in [3.8, 4) is 0 Å². The number of aliphatic imine (C=N–C) groups is 1. The van der Waals surface area contributed by atoms with E-state index in [0.717, 1.165) is 35.1 Å². The van der Waals surface area contributed by atoms with Gasteiger partial charge in [-0.05, 0) is 36.6 Å². The number of carbonyl (C=O) groups is 2. The zero-order valence-corrected chi connectivity index (χ0v) is 22.5. The molecule has 7 nitrogen and oxygen atoms in total. The molecule has 2 aromatic rings. The van der Waals surface area contributed by atoms with E-state index in [9.17, 15) is 9.59 Å². The van der Waals surface area contributed by atoms with Crippen molar-refractivity contribution in [1.82, 2.24) is 14.7 Å². The number of piperazine rings is 1. The van der Waals surface area contributed by atoms with Gasteiger partial charge in [-0.1, -0.05) is 71.9 Å². The van der Waals surface area contributed by atoms with E-state index in [0.29, 0.717) is 29.4 Å². The topological polar surface area (TPSA) is 65.5 Å². The number of likely N-dealkylation sites (N-methyl/N-ethyl adjacent to an activating group) is 1. The molecule has 0 spiro atoms. The third-order valence-electron chi connectivity index (χ3n) is 6.82. The van der Waals surface area contributed by atoms with Gasteiger partial charge in [0, 0.05) is 36.9 Å². The van der Waals surface area contributed by atoms with E-state index in [1.807, 2.05) is 76.7 Å². The van der Waals surface area contributed by atoms with Crippen LogP contribution in [0.1, 0.15) is 30.5 Å². The number of amides is 1. The first-order chi connectivity index (χ1) is 17.9. The van der Waals surface area contributed by atoms with Gasteiger partial charge in [-0.3, -0.25) is 4.79 Å². The van der Waals surface area contributed by atoms with Crippen LogP contribution >= 0.6 is 23.4 Å². The number of hydrogen-bond donors (Lipinski definition) is 0. The van der Waals surface area contributed by atoms with Crippen LogP contribution in [0, 0.1) is 0 Å². The minimum atomic E-state index is -0.550. The van der Waals surface area contributed by atoms with E-state index in [4.69, 9.17) is 21.3 Å². The Bertz CT molecular complexity index is 1290. The maximum Gasteiger partial charge on any atom is 0.338 e. The number of amidine groups is 1. The van der Waals surface area contributed by atoms with E-state index in [-0.39, 0.29) is 18.9 Å². The van der Waals surface area contributed by atoms with Crippen molar-refractivity contribution < 1.29 is 14.3 Å². The minimum Gasteiger partial charge on any atom is -0.457 e. The maximum atomic E-state index is 13.5. The molecule has 1 fully saturated rings. The number of rotatable bonds is 6. The number of carbonyl (C=O) groups excluding carboxylic acids is 2. The van der Waals surface area contributed by atoms with Gasteiger partial charge in [-0.15, -0.1) is 0 Å². The molecule has 1 saturated heterocycles. The average Bonchev–Trinajstić information content (AvgIpc) is 3.29. The van der Waals surface area contributed by atoms with Crippen LogP contribution in [0.15, 0.2) is 82.0 Å². The van der Waals surface area contributed by atoms with Crippen LogP contribution in [0.3, 0.4) is 0 Å². The molecule has 1 atom stereocenters. The van der Waals surface area contributed by atoms with E-state index in [1.54, 1.807) is 0 Å². The highest BCUT2D eigenvalue weighted by Gasteiger charge is 2.42. The van der Waals surface area contributed by atoms with Crippen molar-refractivity contribution in [2.24, 2.45) is 4.99 Å². The summed E-state index contributed by atoms with van der Waals surface area (Å²) in [4.78, 5) is 37.6. The summed E-state index contributed by atoms with van der Waals surface area (Å²) in [5.74, 6) is -0.380. The lowest BCUT2D eigenvalue weighted by atomic mass is 9.93. The Morgan fingerprint density at radius 2 is 1.76 bits per heavy atom. The van der Waals surface area contributed by atoms with Crippen molar-refractivity contribution in [3.63, 3.8) is 0 Å². The molecule has 0 radical (unpaired) electrons.